The molecule has 0 unspecified atom stereocenters. The maximum atomic E-state index is 5.13. The molecule has 50 heavy (non-hydrogen) atoms. The summed E-state index contributed by atoms with van der Waals surface area (Å²) < 4.78 is 0. The van der Waals surface area contributed by atoms with Crippen LogP contribution in [0, 0.1) is 0 Å². The first-order valence-corrected chi connectivity index (χ1v) is 16.7. The molecule has 0 amide bonds. The van der Waals surface area contributed by atoms with Crippen LogP contribution in [0.5, 0.6) is 0 Å². The zero-order valence-corrected chi connectivity index (χ0v) is 27.1. The highest BCUT2D eigenvalue weighted by Crippen LogP contribution is 2.33. The number of benzene rings is 6. The molecule has 3 aromatic heterocycles. The number of fused-ring (bicyclic) bond motifs is 2. The minimum absolute atomic E-state index is 0.668. The molecule has 0 N–H and O–H groups in total. The highest BCUT2D eigenvalue weighted by atomic mass is 14.9. The Morgan fingerprint density at radius 3 is 1.22 bits per heavy atom. The van der Waals surface area contributed by atoms with Crippen LogP contribution in [0.2, 0.25) is 0 Å². The zero-order chi connectivity index (χ0) is 33.3. The van der Waals surface area contributed by atoms with Gasteiger partial charge in [0, 0.05) is 51.0 Å². The predicted octanol–water partition coefficient (Wildman–Crippen LogP) is 11.6. The van der Waals surface area contributed by atoms with Gasteiger partial charge in [-0.3, -0.25) is 9.97 Å². The molecule has 0 saturated carbocycles. The van der Waals surface area contributed by atoms with Crippen molar-refractivity contribution in [1.29, 1.82) is 0 Å². The first-order chi connectivity index (χ1) is 24.8. The van der Waals surface area contributed by atoms with Gasteiger partial charge in [-0.05, 0) is 40.1 Å². The zero-order valence-electron chi connectivity index (χ0n) is 27.1. The fraction of sp³-hybridized carbons (Fsp3) is 0. The number of hydrogen-bond donors (Lipinski definition) is 0. The van der Waals surface area contributed by atoms with Crippen LogP contribution in [0.25, 0.3) is 89.1 Å². The van der Waals surface area contributed by atoms with Crippen LogP contribution in [0.1, 0.15) is 0 Å². The number of pyridine rings is 2. The lowest BCUT2D eigenvalue weighted by atomic mass is 10.00. The maximum Gasteiger partial charge on any atom is 0.160 e. The van der Waals surface area contributed by atoms with Gasteiger partial charge >= 0.3 is 0 Å². The Kier molecular flexibility index (Phi) is 7.45. The molecule has 0 atom stereocenters. The van der Waals surface area contributed by atoms with Crippen LogP contribution in [0.15, 0.2) is 182 Å². The number of rotatable bonds is 6. The van der Waals surface area contributed by atoms with Crippen molar-refractivity contribution >= 4 is 21.5 Å². The standard InChI is InChI=1S/C46H30N4/c1-2-8-31(9-3-1)32-14-16-35(17-15-32)42-30-43(36-18-20-37(21-19-36)44-40-12-6-4-10-33(40)26-28-47-44)50-46(49-42)39-24-22-38(23-25-39)45-41-13-7-5-11-34(41)27-29-48-45/h1-30H. The van der Waals surface area contributed by atoms with Gasteiger partial charge in [0.15, 0.2) is 5.82 Å². The Balaban J connectivity index is 1.12. The molecular weight excluding hydrogens is 609 g/mol. The summed E-state index contributed by atoms with van der Waals surface area (Å²) in [7, 11) is 0. The van der Waals surface area contributed by atoms with Crippen molar-refractivity contribution in [3.8, 4) is 67.5 Å². The molecule has 0 spiro atoms. The SMILES string of the molecule is c1ccc(-c2ccc(-c3cc(-c4ccc(-c5nccc6ccccc56)cc4)nc(-c4ccc(-c5nccc6ccccc56)cc4)n3)cc2)cc1. The summed E-state index contributed by atoms with van der Waals surface area (Å²) in [6.07, 6.45) is 3.74. The topological polar surface area (TPSA) is 51.6 Å². The number of nitrogens with zero attached hydrogens (tertiary/aromatic N) is 4. The Labute approximate surface area is 290 Å². The van der Waals surface area contributed by atoms with E-state index in [1.165, 1.54) is 21.9 Å². The highest BCUT2D eigenvalue weighted by molar-refractivity contribution is 5.95. The molecule has 6 aromatic carbocycles. The molecule has 0 bridgehead atoms. The summed E-state index contributed by atoms with van der Waals surface area (Å²) in [6, 6.07) is 58.8. The summed E-state index contributed by atoms with van der Waals surface area (Å²) in [5.41, 5.74) is 11.1. The molecule has 234 valence electrons. The van der Waals surface area contributed by atoms with Gasteiger partial charge in [-0.1, -0.05) is 152 Å². The first kappa shape index (κ1) is 29.4. The molecule has 0 aliphatic carbocycles. The molecular formula is C46H30N4. The average molecular weight is 639 g/mol. The quantitative estimate of drug-likeness (QED) is 0.182. The largest absolute Gasteiger partial charge is 0.256 e. The Morgan fingerprint density at radius 1 is 0.300 bits per heavy atom. The molecule has 0 saturated heterocycles. The molecule has 0 aliphatic heterocycles. The Hall–Kier alpha value is -6.78. The summed E-state index contributed by atoms with van der Waals surface area (Å²) in [5.74, 6) is 0.668. The van der Waals surface area contributed by atoms with Crippen LogP contribution in [0.3, 0.4) is 0 Å². The summed E-state index contributed by atoms with van der Waals surface area (Å²) in [5, 5.41) is 4.61. The van der Waals surface area contributed by atoms with E-state index in [4.69, 9.17) is 19.9 Å². The van der Waals surface area contributed by atoms with Gasteiger partial charge in [0.25, 0.3) is 0 Å². The lowest BCUT2D eigenvalue weighted by Crippen LogP contribution is -1.96. The second-order valence-corrected chi connectivity index (χ2v) is 12.3. The normalized spacial score (nSPS) is 11.2. The molecule has 0 radical (unpaired) electrons. The molecule has 4 nitrogen and oxygen atoms in total. The molecule has 4 heteroatoms. The van der Waals surface area contributed by atoms with E-state index in [2.05, 4.69) is 158 Å². The number of hydrogen-bond acceptors (Lipinski definition) is 4. The van der Waals surface area contributed by atoms with Crippen LogP contribution in [0.4, 0.5) is 0 Å². The van der Waals surface area contributed by atoms with Crippen molar-refractivity contribution in [2.45, 2.75) is 0 Å². The van der Waals surface area contributed by atoms with Gasteiger partial charge < -0.3 is 0 Å². The lowest BCUT2D eigenvalue weighted by Gasteiger charge is -2.12. The van der Waals surface area contributed by atoms with Gasteiger partial charge in [0.05, 0.1) is 22.8 Å². The second kappa shape index (κ2) is 12.7. The van der Waals surface area contributed by atoms with E-state index in [-0.39, 0.29) is 0 Å². The van der Waals surface area contributed by atoms with Gasteiger partial charge in [0.2, 0.25) is 0 Å². The number of aromatic nitrogens is 4. The second-order valence-electron chi connectivity index (χ2n) is 12.3. The van der Waals surface area contributed by atoms with Gasteiger partial charge in [-0.25, -0.2) is 9.97 Å². The predicted molar refractivity (Wildman–Crippen MR) is 205 cm³/mol. The van der Waals surface area contributed by atoms with Crippen LogP contribution in [-0.2, 0) is 0 Å². The first-order valence-electron chi connectivity index (χ1n) is 16.7. The van der Waals surface area contributed by atoms with Crippen molar-refractivity contribution in [2.24, 2.45) is 0 Å². The molecule has 9 aromatic rings. The third-order valence-corrected chi connectivity index (χ3v) is 9.23. The van der Waals surface area contributed by atoms with E-state index >= 15 is 0 Å². The summed E-state index contributed by atoms with van der Waals surface area (Å²) >= 11 is 0. The fourth-order valence-electron chi connectivity index (χ4n) is 6.61. The summed E-state index contributed by atoms with van der Waals surface area (Å²) in [6.45, 7) is 0. The summed E-state index contributed by atoms with van der Waals surface area (Å²) in [4.78, 5) is 19.7. The Bertz CT molecular complexity index is 2460. The van der Waals surface area contributed by atoms with Crippen molar-refractivity contribution < 1.29 is 0 Å². The molecule has 0 aliphatic rings. The highest BCUT2D eigenvalue weighted by Gasteiger charge is 2.13. The van der Waals surface area contributed by atoms with E-state index in [9.17, 15) is 0 Å². The van der Waals surface area contributed by atoms with Gasteiger partial charge in [-0.2, -0.15) is 0 Å². The third-order valence-electron chi connectivity index (χ3n) is 9.23. The monoisotopic (exact) mass is 638 g/mol. The van der Waals surface area contributed by atoms with Crippen molar-refractivity contribution in [1.82, 2.24) is 19.9 Å². The minimum atomic E-state index is 0.668. The van der Waals surface area contributed by atoms with Crippen LogP contribution >= 0.6 is 0 Å². The fourth-order valence-corrected chi connectivity index (χ4v) is 6.61. The average Bonchev–Trinajstić information content (AvgIpc) is 3.21. The molecule has 3 heterocycles. The van der Waals surface area contributed by atoms with Crippen molar-refractivity contribution in [3.05, 3.63) is 182 Å². The third kappa shape index (κ3) is 5.59. The lowest BCUT2D eigenvalue weighted by molar-refractivity contribution is 1.18. The smallest absolute Gasteiger partial charge is 0.160 e. The van der Waals surface area contributed by atoms with E-state index in [0.29, 0.717) is 5.82 Å². The Morgan fingerprint density at radius 2 is 0.700 bits per heavy atom. The van der Waals surface area contributed by atoms with E-state index in [0.717, 1.165) is 61.4 Å². The van der Waals surface area contributed by atoms with Crippen LogP contribution in [-0.4, -0.2) is 19.9 Å². The van der Waals surface area contributed by atoms with Gasteiger partial charge in [-0.15, -0.1) is 0 Å². The maximum absolute atomic E-state index is 5.13. The van der Waals surface area contributed by atoms with Crippen molar-refractivity contribution in [2.75, 3.05) is 0 Å². The van der Waals surface area contributed by atoms with E-state index in [1.54, 1.807) is 0 Å². The molecule has 0 fully saturated rings. The van der Waals surface area contributed by atoms with Crippen molar-refractivity contribution in [3.63, 3.8) is 0 Å². The van der Waals surface area contributed by atoms with Gasteiger partial charge in [0.1, 0.15) is 0 Å². The minimum Gasteiger partial charge on any atom is -0.256 e. The molecule has 9 rings (SSSR count). The van der Waals surface area contributed by atoms with E-state index in [1.807, 2.05) is 24.5 Å². The van der Waals surface area contributed by atoms with E-state index < -0.39 is 0 Å². The van der Waals surface area contributed by atoms with Crippen LogP contribution < -0.4 is 0 Å².